The van der Waals surface area contributed by atoms with E-state index in [9.17, 15) is 0 Å². The number of hydrogen-bond acceptors (Lipinski definition) is 6. The molecule has 2 aromatic rings. The van der Waals surface area contributed by atoms with Gasteiger partial charge in [0.15, 0.2) is 5.96 Å². The van der Waals surface area contributed by atoms with Gasteiger partial charge >= 0.3 is 0 Å². The van der Waals surface area contributed by atoms with Crippen LogP contribution in [0.5, 0.6) is 0 Å². The van der Waals surface area contributed by atoms with Crippen LogP contribution in [-0.4, -0.2) is 55.2 Å². The number of aliphatic imine (C=N–C) groups is 1. The third-order valence-corrected chi connectivity index (χ3v) is 6.74. The average molecular weight is 408 g/mol. The lowest BCUT2D eigenvalue weighted by Gasteiger charge is -2.37. The van der Waals surface area contributed by atoms with E-state index < -0.39 is 0 Å². The maximum Gasteiger partial charge on any atom is 0.191 e. The number of ether oxygens (including phenoxy) is 1. The Morgan fingerprint density at radius 3 is 3.04 bits per heavy atom. The molecular formula is C19H29N5OS2. The largest absolute Gasteiger partial charge is 0.376 e. The monoisotopic (exact) mass is 407 g/mol. The number of hydrogen-bond donors (Lipinski definition) is 2. The van der Waals surface area contributed by atoms with Gasteiger partial charge in [-0.3, -0.25) is 9.89 Å². The van der Waals surface area contributed by atoms with Gasteiger partial charge in [-0.25, -0.2) is 4.98 Å². The molecule has 0 saturated carbocycles. The van der Waals surface area contributed by atoms with Gasteiger partial charge in [0.05, 0.1) is 25.3 Å². The van der Waals surface area contributed by atoms with Crippen LogP contribution in [0.15, 0.2) is 28.7 Å². The van der Waals surface area contributed by atoms with E-state index in [1.165, 1.54) is 9.75 Å². The van der Waals surface area contributed by atoms with E-state index in [0.717, 1.165) is 43.6 Å². The SMILES string of the molecule is CCc1cnc(CNC(=NC)NCC(c2cccs2)N2CCOC(C)C2)s1. The molecule has 0 bridgehead atoms. The summed E-state index contributed by atoms with van der Waals surface area (Å²) in [5.41, 5.74) is 0. The van der Waals surface area contributed by atoms with E-state index in [1.54, 1.807) is 11.3 Å². The van der Waals surface area contributed by atoms with E-state index in [2.05, 4.69) is 56.9 Å². The topological polar surface area (TPSA) is 61.8 Å². The maximum atomic E-state index is 5.72. The molecule has 1 fully saturated rings. The molecule has 2 atom stereocenters. The van der Waals surface area contributed by atoms with Gasteiger partial charge in [-0.05, 0) is 24.8 Å². The molecule has 1 aliphatic heterocycles. The zero-order valence-corrected chi connectivity index (χ0v) is 17.9. The predicted octanol–water partition coefficient (Wildman–Crippen LogP) is 2.89. The lowest BCUT2D eigenvalue weighted by Crippen LogP contribution is -2.47. The fraction of sp³-hybridized carbons (Fsp3) is 0.579. The molecule has 2 N–H and O–H groups in total. The molecular weight excluding hydrogens is 378 g/mol. The minimum absolute atomic E-state index is 0.274. The summed E-state index contributed by atoms with van der Waals surface area (Å²) < 4.78 is 5.72. The van der Waals surface area contributed by atoms with Crippen LogP contribution in [0, 0.1) is 0 Å². The van der Waals surface area contributed by atoms with Crippen molar-refractivity contribution in [3.05, 3.63) is 38.5 Å². The summed E-state index contributed by atoms with van der Waals surface area (Å²) in [5, 5.41) is 10.1. The number of aryl methyl sites for hydroxylation is 1. The van der Waals surface area contributed by atoms with Crippen molar-refractivity contribution in [2.75, 3.05) is 33.3 Å². The van der Waals surface area contributed by atoms with Gasteiger partial charge in [-0.15, -0.1) is 22.7 Å². The first kappa shape index (κ1) is 20.3. The van der Waals surface area contributed by atoms with Crippen molar-refractivity contribution in [1.29, 1.82) is 0 Å². The molecule has 3 heterocycles. The number of rotatable bonds is 7. The van der Waals surface area contributed by atoms with Gasteiger partial charge in [-0.2, -0.15) is 0 Å². The second kappa shape index (κ2) is 10.2. The van der Waals surface area contributed by atoms with Crippen LogP contribution < -0.4 is 10.6 Å². The van der Waals surface area contributed by atoms with Crippen molar-refractivity contribution in [2.45, 2.75) is 39.0 Å². The number of thiazole rings is 1. The van der Waals surface area contributed by atoms with Crippen LogP contribution >= 0.6 is 22.7 Å². The highest BCUT2D eigenvalue weighted by molar-refractivity contribution is 7.11. The van der Waals surface area contributed by atoms with Crippen LogP contribution in [0.1, 0.15) is 34.7 Å². The summed E-state index contributed by atoms with van der Waals surface area (Å²) in [6, 6.07) is 4.66. The van der Waals surface area contributed by atoms with Gasteiger partial charge in [-0.1, -0.05) is 13.0 Å². The molecule has 0 spiro atoms. The third kappa shape index (κ3) is 5.75. The van der Waals surface area contributed by atoms with Crippen molar-refractivity contribution in [2.24, 2.45) is 4.99 Å². The molecule has 8 heteroatoms. The van der Waals surface area contributed by atoms with Gasteiger partial charge in [0.1, 0.15) is 5.01 Å². The lowest BCUT2D eigenvalue weighted by molar-refractivity contribution is -0.0334. The number of nitrogens with one attached hydrogen (secondary N) is 2. The zero-order valence-electron chi connectivity index (χ0n) is 16.3. The molecule has 3 rings (SSSR count). The third-order valence-electron chi connectivity index (χ3n) is 4.63. The Bertz CT molecular complexity index is 716. The first-order valence-electron chi connectivity index (χ1n) is 9.46. The molecule has 27 heavy (non-hydrogen) atoms. The summed E-state index contributed by atoms with van der Waals surface area (Å²) in [6.07, 6.45) is 3.27. The predicted molar refractivity (Wildman–Crippen MR) is 114 cm³/mol. The molecule has 0 aromatic carbocycles. The van der Waals surface area contributed by atoms with E-state index >= 15 is 0 Å². The van der Waals surface area contributed by atoms with E-state index in [-0.39, 0.29) is 6.10 Å². The Morgan fingerprint density at radius 2 is 2.37 bits per heavy atom. The second-order valence-electron chi connectivity index (χ2n) is 6.59. The molecule has 0 radical (unpaired) electrons. The molecule has 148 valence electrons. The zero-order chi connectivity index (χ0) is 19.1. The summed E-state index contributed by atoms with van der Waals surface area (Å²) in [5.74, 6) is 0.811. The smallest absolute Gasteiger partial charge is 0.191 e. The lowest BCUT2D eigenvalue weighted by atomic mass is 10.1. The number of aromatic nitrogens is 1. The molecule has 2 aromatic heterocycles. The number of nitrogens with zero attached hydrogens (tertiary/aromatic N) is 3. The molecule has 6 nitrogen and oxygen atoms in total. The van der Waals surface area contributed by atoms with Crippen molar-refractivity contribution in [3.63, 3.8) is 0 Å². The standard InChI is InChI=1S/C19H29N5OS2/c1-4-15-10-21-18(27-15)12-23-19(20-3)22-11-16(17-6-5-9-26-17)24-7-8-25-14(2)13-24/h5-6,9-10,14,16H,4,7-8,11-13H2,1-3H3,(H2,20,22,23). The fourth-order valence-electron chi connectivity index (χ4n) is 3.19. The molecule has 0 amide bonds. The Kier molecular flexibility index (Phi) is 7.63. The van der Waals surface area contributed by atoms with E-state index in [4.69, 9.17) is 4.74 Å². The van der Waals surface area contributed by atoms with Crippen LogP contribution in [0.4, 0.5) is 0 Å². The minimum atomic E-state index is 0.274. The van der Waals surface area contributed by atoms with Crippen molar-refractivity contribution < 1.29 is 4.74 Å². The Labute approximate surface area is 169 Å². The summed E-state index contributed by atoms with van der Waals surface area (Å²) >= 11 is 3.56. The second-order valence-corrected chi connectivity index (χ2v) is 8.77. The average Bonchev–Trinajstić information content (AvgIpc) is 3.36. The van der Waals surface area contributed by atoms with Gasteiger partial charge in [0, 0.05) is 42.6 Å². The van der Waals surface area contributed by atoms with Crippen LogP contribution in [0.3, 0.4) is 0 Å². The van der Waals surface area contributed by atoms with Crippen molar-refractivity contribution in [1.82, 2.24) is 20.5 Å². The number of guanidine groups is 1. The quantitative estimate of drug-likeness (QED) is 0.546. The maximum absolute atomic E-state index is 5.72. The first-order chi connectivity index (χ1) is 13.2. The Hall–Kier alpha value is -1.48. The number of thiophene rings is 1. The Morgan fingerprint density at radius 1 is 1.48 bits per heavy atom. The highest BCUT2D eigenvalue weighted by atomic mass is 32.1. The first-order valence-corrected chi connectivity index (χ1v) is 11.2. The normalized spacial score (nSPS) is 19.8. The molecule has 1 saturated heterocycles. The fourth-order valence-corrected chi connectivity index (χ4v) is 4.85. The van der Waals surface area contributed by atoms with Gasteiger partial charge in [0.25, 0.3) is 0 Å². The van der Waals surface area contributed by atoms with Crippen molar-refractivity contribution in [3.8, 4) is 0 Å². The summed E-state index contributed by atoms with van der Waals surface area (Å²) in [7, 11) is 1.81. The van der Waals surface area contributed by atoms with Crippen LogP contribution in [-0.2, 0) is 17.7 Å². The van der Waals surface area contributed by atoms with Gasteiger partial charge in [0.2, 0.25) is 0 Å². The molecule has 1 aliphatic rings. The highest BCUT2D eigenvalue weighted by Gasteiger charge is 2.26. The Balaban J connectivity index is 1.57. The minimum Gasteiger partial charge on any atom is -0.376 e. The number of morpholine rings is 1. The van der Waals surface area contributed by atoms with E-state index in [1.807, 2.05) is 24.6 Å². The molecule has 2 unspecified atom stereocenters. The van der Waals surface area contributed by atoms with Crippen LogP contribution in [0.2, 0.25) is 0 Å². The van der Waals surface area contributed by atoms with Crippen molar-refractivity contribution >= 4 is 28.6 Å². The molecule has 0 aliphatic carbocycles. The highest BCUT2D eigenvalue weighted by Crippen LogP contribution is 2.26. The van der Waals surface area contributed by atoms with Crippen LogP contribution in [0.25, 0.3) is 0 Å². The summed E-state index contributed by atoms with van der Waals surface area (Å²) in [6.45, 7) is 8.51. The van der Waals surface area contributed by atoms with Gasteiger partial charge < -0.3 is 15.4 Å². The summed E-state index contributed by atoms with van der Waals surface area (Å²) in [4.78, 5) is 14.0. The van der Waals surface area contributed by atoms with E-state index in [0.29, 0.717) is 12.6 Å².